The molecule has 14 rings (SSSR count). The van der Waals surface area contributed by atoms with Gasteiger partial charge in [-0.2, -0.15) is 20.4 Å². The summed E-state index contributed by atoms with van der Waals surface area (Å²) in [5.41, 5.74) is 11.3. The number of H-pyrrole nitrogens is 4. The van der Waals surface area contributed by atoms with Gasteiger partial charge in [0.05, 0.1) is 141 Å². The Kier molecular flexibility index (Phi) is 29.1. The smallest absolute Gasteiger partial charge is 0.255 e. The van der Waals surface area contributed by atoms with E-state index in [1.54, 1.807) is 159 Å². The van der Waals surface area contributed by atoms with Gasteiger partial charge in [-0.05, 0) is 169 Å². The third kappa shape index (κ3) is 21.8. The lowest BCUT2D eigenvalue weighted by Gasteiger charge is -2.14. The molecule has 0 bridgehead atoms. The highest BCUT2D eigenvalue weighted by atomic mass is 19.1. The van der Waals surface area contributed by atoms with Gasteiger partial charge in [0.1, 0.15) is 46.3 Å². The lowest BCUT2D eigenvalue weighted by molar-refractivity contribution is 0.0907. The highest BCUT2D eigenvalue weighted by molar-refractivity contribution is 6.09. The van der Waals surface area contributed by atoms with Crippen molar-refractivity contribution in [2.24, 2.45) is 0 Å². The summed E-state index contributed by atoms with van der Waals surface area (Å²) >= 11 is 0. The number of carbonyl (C=O) groups excluding carboxylic acids is 4. The zero-order chi connectivity index (χ0) is 83.8. The summed E-state index contributed by atoms with van der Waals surface area (Å²) in [4.78, 5) is 50.6. The average Bonchev–Trinajstić information content (AvgIpc) is 1.51. The van der Waals surface area contributed by atoms with Gasteiger partial charge >= 0.3 is 0 Å². The van der Waals surface area contributed by atoms with Gasteiger partial charge in [-0.25, -0.2) is 17.6 Å². The van der Waals surface area contributed by atoms with Gasteiger partial charge in [0, 0.05) is 26.2 Å². The second kappa shape index (κ2) is 40.6. The number of amides is 4. The largest absolute Gasteiger partial charge is 0.495 e. The summed E-state index contributed by atoms with van der Waals surface area (Å²) in [5.74, 6) is -1.08. The van der Waals surface area contributed by atoms with Crippen LogP contribution in [0.1, 0.15) is 124 Å². The van der Waals surface area contributed by atoms with Crippen LogP contribution in [0.15, 0.2) is 206 Å². The molecule has 4 atom stereocenters. The Morgan fingerprint density at radius 1 is 0.322 bits per heavy atom. The Morgan fingerprint density at radius 2 is 0.542 bits per heavy atom. The van der Waals surface area contributed by atoms with Crippen molar-refractivity contribution in [2.75, 3.05) is 54.6 Å². The number of nitrogens with one attached hydrogen (secondary N) is 8. The summed E-state index contributed by atoms with van der Waals surface area (Å²) in [6, 6.07) is 56.1. The number of benzene rings is 10. The number of methoxy groups -OCH3 is 4. The maximum absolute atomic E-state index is 13.1. The number of nitrogens with zero attached hydrogens (tertiary/aromatic N) is 4. The molecule has 0 aliphatic rings. The third-order valence-electron chi connectivity index (χ3n) is 18.2. The van der Waals surface area contributed by atoms with Crippen molar-refractivity contribution < 1.29 is 76.1 Å². The van der Waals surface area contributed by atoms with Crippen LogP contribution in [0.2, 0.25) is 0 Å². The minimum absolute atomic E-state index is 0.0623. The van der Waals surface area contributed by atoms with Crippen molar-refractivity contribution in [2.45, 2.75) is 38.3 Å². The van der Waals surface area contributed by atoms with E-state index >= 15 is 0 Å². The molecule has 0 saturated heterocycles. The van der Waals surface area contributed by atoms with Crippen LogP contribution in [0.25, 0.3) is 92.2 Å². The van der Waals surface area contributed by atoms with Gasteiger partial charge in [-0.15, -0.1) is 0 Å². The number of fused-ring (bicyclic) bond motifs is 4. The Bertz CT molecular complexity index is 5530. The molecule has 0 aliphatic heterocycles. The minimum Gasteiger partial charge on any atom is -0.495 e. The molecule has 604 valence electrons. The van der Waals surface area contributed by atoms with E-state index in [1.807, 2.05) is 60.7 Å². The summed E-state index contributed by atoms with van der Waals surface area (Å²) in [7, 11) is 5.96. The number of aromatic amines is 4. The lowest BCUT2D eigenvalue weighted by Crippen LogP contribution is -2.30. The fourth-order valence-electron chi connectivity index (χ4n) is 12.3. The average molecular weight is 1600 g/mol. The number of hydrogen-bond acceptors (Lipinski definition) is 16. The number of hydrogen-bond donors (Lipinski definition) is 12. The van der Waals surface area contributed by atoms with Crippen molar-refractivity contribution in [1.82, 2.24) is 62.1 Å². The van der Waals surface area contributed by atoms with Gasteiger partial charge in [-0.1, -0.05) is 133 Å². The zero-order valence-corrected chi connectivity index (χ0v) is 64.7. The highest BCUT2D eigenvalue weighted by Crippen LogP contribution is 2.37. The Labute approximate surface area is 674 Å². The van der Waals surface area contributed by atoms with Gasteiger partial charge in [-0.3, -0.25) is 39.6 Å². The van der Waals surface area contributed by atoms with Crippen molar-refractivity contribution in [3.05, 3.63) is 308 Å². The SMILES string of the molecule is COc1c(C(=O)NC[C@@H](C)O)ccc2n[nH]c(/C=C/c3ccc(F)cc3)c12.COc1c(C(=O)NC[C@@H](O)c2ccccc2)ccc2n[nH]c(/C=C/c3ccc(F)cc3)c12.COc1c(C(=O)NC[C@H](C)O)ccc2n[nH]c(/C=C/c3ccc(F)cc3)c12.COc1c(C(=O)NC[C@H](O)c2ccccc2)ccc2n[nH]c(/C=C/c3ccc(F)cc3)c12. The molecule has 0 unspecified atom stereocenters. The molecular formula is C90H84F4N12O12. The molecule has 28 heteroatoms. The predicted molar refractivity (Wildman–Crippen MR) is 447 cm³/mol. The monoisotopic (exact) mass is 1600 g/mol. The number of ether oxygens (including phenoxy) is 4. The van der Waals surface area contributed by atoms with E-state index in [0.717, 1.165) is 33.4 Å². The quantitative estimate of drug-likeness (QED) is 0.0224. The van der Waals surface area contributed by atoms with E-state index in [-0.39, 0.29) is 73.1 Å². The van der Waals surface area contributed by atoms with Crippen LogP contribution in [0.4, 0.5) is 17.6 Å². The normalized spacial score (nSPS) is 12.3. The first-order valence-electron chi connectivity index (χ1n) is 37.0. The standard InChI is InChI=1S/2C25H22FN3O3.2C20H20FN3O3/c2*1-32-24-19(25(31)27-15-22(30)17-5-3-2-4-6-17)12-14-21-23(24)20(28-29-21)13-9-16-7-10-18(26)11-8-16;2*1-12(25)11-22-20(26)15-8-10-17-18(19(15)27-2)16(23-24-17)9-5-13-3-6-14(21)7-4-13/h2*2-14,22,30H,15H2,1H3,(H,27,31)(H,28,29);2*3-10,12,25H,11H2,1-2H3,(H,22,26)(H,23,24)/b2*13-9+;2*9-5+/t2*22-;2*12-/m1010/s1. The molecule has 0 aliphatic carbocycles. The summed E-state index contributed by atoms with van der Waals surface area (Å²) in [6.45, 7) is 3.59. The van der Waals surface area contributed by atoms with Gasteiger partial charge < -0.3 is 60.6 Å². The molecule has 0 spiro atoms. The molecule has 118 heavy (non-hydrogen) atoms. The first-order valence-corrected chi connectivity index (χ1v) is 37.0. The molecule has 4 aromatic heterocycles. The van der Waals surface area contributed by atoms with Crippen molar-refractivity contribution in [3.8, 4) is 23.0 Å². The number of aliphatic hydroxyl groups excluding tert-OH is 4. The molecule has 4 amide bonds. The predicted octanol–water partition coefficient (Wildman–Crippen LogP) is 14.7. The molecule has 0 radical (unpaired) electrons. The molecule has 0 fully saturated rings. The van der Waals surface area contributed by atoms with Gasteiger partial charge in [0.25, 0.3) is 23.6 Å². The van der Waals surface area contributed by atoms with Crippen LogP contribution >= 0.6 is 0 Å². The Balaban J connectivity index is 0.000000155. The van der Waals surface area contributed by atoms with E-state index < -0.39 is 24.4 Å². The maximum Gasteiger partial charge on any atom is 0.255 e. The van der Waals surface area contributed by atoms with Crippen LogP contribution in [0.3, 0.4) is 0 Å². The molecule has 10 aromatic carbocycles. The Morgan fingerprint density at radius 3 is 0.754 bits per heavy atom. The van der Waals surface area contributed by atoms with Crippen LogP contribution in [-0.2, 0) is 0 Å². The van der Waals surface area contributed by atoms with E-state index in [4.69, 9.17) is 18.9 Å². The molecule has 12 N–H and O–H groups in total. The van der Waals surface area contributed by atoms with Gasteiger partial charge in [0.15, 0.2) is 0 Å². The second-order valence-corrected chi connectivity index (χ2v) is 26.6. The van der Waals surface area contributed by atoms with Crippen molar-refractivity contribution in [1.29, 1.82) is 0 Å². The first-order chi connectivity index (χ1) is 57.1. The number of carbonyl (C=O) groups is 4. The second-order valence-electron chi connectivity index (χ2n) is 26.6. The molecule has 24 nitrogen and oxygen atoms in total. The van der Waals surface area contributed by atoms with Crippen LogP contribution in [-0.4, -0.2) is 152 Å². The molecule has 14 aromatic rings. The Hall–Kier alpha value is -14.3. The fraction of sp³-hybridized carbons (Fsp3) is 0.156. The van der Waals surface area contributed by atoms with Gasteiger partial charge in [0.2, 0.25) is 0 Å². The number of rotatable bonds is 26. The number of aromatic nitrogens is 8. The minimum atomic E-state index is -0.821. The van der Waals surface area contributed by atoms with E-state index in [9.17, 15) is 57.2 Å². The van der Waals surface area contributed by atoms with Crippen LogP contribution < -0.4 is 40.2 Å². The lowest BCUT2D eigenvalue weighted by atomic mass is 10.1. The first kappa shape index (κ1) is 84.6. The van der Waals surface area contributed by atoms with Crippen LogP contribution in [0, 0.1) is 23.3 Å². The fourth-order valence-corrected chi connectivity index (χ4v) is 12.3. The van der Waals surface area contributed by atoms with E-state index in [0.29, 0.717) is 112 Å². The van der Waals surface area contributed by atoms with E-state index in [1.165, 1.54) is 77.0 Å². The molecule has 4 heterocycles. The highest BCUT2D eigenvalue weighted by Gasteiger charge is 2.25. The summed E-state index contributed by atoms with van der Waals surface area (Å²) in [6.07, 6.45) is 11.5. The van der Waals surface area contributed by atoms with Crippen LogP contribution in [0.5, 0.6) is 23.0 Å². The maximum atomic E-state index is 13.1. The number of halogens is 4. The molecule has 0 saturated carbocycles. The summed E-state index contributed by atoms with van der Waals surface area (Å²) < 4.78 is 74.4. The zero-order valence-electron chi connectivity index (χ0n) is 64.7. The number of aliphatic hydroxyl groups is 4. The summed E-state index contributed by atoms with van der Waals surface area (Å²) in [5, 5.41) is 81.6. The topological polar surface area (TPSA) is 349 Å². The van der Waals surface area contributed by atoms with Crippen molar-refractivity contribution in [3.63, 3.8) is 0 Å². The third-order valence-corrected chi connectivity index (χ3v) is 18.2. The van der Waals surface area contributed by atoms with Crippen molar-refractivity contribution >= 4 is 116 Å². The molecular weight excluding hydrogens is 1520 g/mol. The van der Waals surface area contributed by atoms with E-state index in [2.05, 4.69) is 62.1 Å².